The number of nitrogens with two attached hydrogens (primary N) is 2. The van der Waals surface area contributed by atoms with Crippen molar-refractivity contribution in [3.8, 4) is 0 Å². The van der Waals surface area contributed by atoms with Crippen molar-refractivity contribution in [1.82, 2.24) is 24.4 Å². The third-order valence-corrected chi connectivity index (χ3v) is 5.12. The van der Waals surface area contributed by atoms with Crippen LogP contribution < -0.4 is 11.5 Å². The molecule has 4 rings (SSSR count). The van der Waals surface area contributed by atoms with Gasteiger partial charge in [-0.1, -0.05) is 19.1 Å². The van der Waals surface area contributed by atoms with Crippen molar-refractivity contribution in [2.45, 2.75) is 32.2 Å². The standard InChI is InChI=1S/C16H21N7O/c1-16(5-3-2-4-6-16)14(24)22-7-10(8-22)23-9-19-11-12(17)20-15(18)21-13(11)23/h2-3,9-10H,4-8H2,1H3,(H4,17,18,20,21). The van der Waals surface area contributed by atoms with E-state index in [1.165, 1.54) is 0 Å². The molecule has 8 nitrogen and oxygen atoms in total. The molecule has 1 unspecified atom stereocenters. The number of fused-ring (bicyclic) bond motifs is 1. The van der Waals surface area contributed by atoms with Crippen LogP contribution in [0.2, 0.25) is 0 Å². The third kappa shape index (κ3) is 2.21. The van der Waals surface area contributed by atoms with Crippen molar-refractivity contribution in [3.05, 3.63) is 18.5 Å². The van der Waals surface area contributed by atoms with E-state index in [1.54, 1.807) is 6.33 Å². The topological polar surface area (TPSA) is 116 Å². The fourth-order valence-electron chi connectivity index (χ4n) is 3.56. The molecule has 1 amide bonds. The predicted molar refractivity (Wildman–Crippen MR) is 90.9 cm³/mol. The molecule has 1 aliphatic heterocycles. The van der Waals surface area contributed by atoms with Crippen LogP contribution in [-0.2, 0) is 4.79 Å². The molecule has 2 aromatic rings. The SMILES string of the molecule is CC1(C(=O)N2CC(n3cnc4c(N)nc(N)nc43)C2)CC=CCC1. The van der Waals surface area contributed by atoms with Crippen LogP contribution in [0, 0.1) is 5.41 Å². The Kier molecular flexibility index (Phi) is 3.22. The largest absolute Gasteiger partial charge is 0.382 e. The number of nitrogens with zero attached hydrogens (tertiary/aromatic N) is 5. The molecule has 3 heterocycles. The number of imidazole rings is 1. The normalized spacial score (nSPS) is 24.3. The molecule has 1 aliphatic carbocycles. The van der Waals surface area contributed by atoms with Crippen molar-refractivity contribution in [1.29, 1.82) is 0 Å². The molecule has 0 saturated carbocycles. The van der Waals surface area contributed by atoms with Gasteiger partial charge in [-0.2, -0.15) is 9.97 Å². The Morgan fingerprint density at radius 1 is 1.29 bits per heavy atom. The zero-order valence-corrected chi connectivity index (χ0v) is 13.6. The van der Waals surface area contributed by atoms with Gasteiger partial charge in [0, 0.05) is 13.1 Å². The number of carbonyl (C=O) groups is 1. The van der Waals surface area contributed by atoms with Gasteiger partial charge in [0.2, 0.25) is 11.9 Å². The number of rotatable bonds is 2. The first-order chi connectivity index (χ1) is 11.5. The number of carbonyl (C=O) groups excluding carboxylic acids is 1. The molecule has 1 fully saturated rings. The molecule has 24 heavy (non-hydrogen) atoms. The van der Waals surface area contributed by atoms with E-state index in [1.807, 2.05) is 9.47 Å². The maximum absolute atomic E-state index is 12.8. The summed E-state index contributed by atoms with van der Waals surface area (Å²) >= 11 is 0. The van der Waals surface area contributed by atoms with E-state index in [0.29, 0.717) is 24.3 Å². The smallest absolute Gasteiger partial charge is 0.228 e. The highest BCUT2D eigenvalue weighted by molar-refractivity contribution is 5.84. The second kappa shape index (κ2) is 5.19. The van der Waals surface area contributed by atoms with Crippen LogP contribution in [0.15, 0.2) is 18.5 Å². The summed E-state index contributed by atoms with van der Waals surface area (Å²) in [6.07, 6.45) is 8.68. The first kappa shape index (κ1) is 14.9. The summed E-state index contributed by atoms with van der Waals surface area (Å²) in [5.41, 5.74) is 12.4. The lowest BCUT2D eigenvalue weighted by atomic mass is 9.77. The number of anilines is 2. The zero-order valence-electron chi connectivity index (χ0n) is 13.6. The molecule has 0 aromatic carbocycles. The second-order valence-corrected chi connectivity index (χ2v) is 6.93. The van der Waals surface area contributed by atoms with E-state index < -0.39 is 0 Å². The molecule has 0 spiro atoms. The lowest BCUT2D eigenvalue weighted by molar-refractivity contribution is -0.147. The molecular weight excluding hydrogens is 306 g/mol. The molecule has 4 N–H and O–H groups in total. The Bertz CT molecular complexity index is 836. The maximum atomic E-state index is 12.8. The van der Waals surface area contributed by atoms with E-state index in [4.69, 9.17) is 11.5 Å². The van der Waals surface area contributed by atoms with Crippen LogP contribution in [0.1, 0.15) is 32.2 Å². The van der Waals surface area contributed by atoms with E-state index in [0.717, 1.165) is 19.3 Å². The fourth-order valence-corrected chi connectivity index (χ4v) is 3.56. The quantitative estimate of drug-likeness (QED) is 0.799. The number of allylic oxidation sites excluding steroid dienone is 2. The number of likely N-dealkylation sites (tertiary alicyclic amines) is 1. The van der Waals surface area contributed by atoms with Crippen molar-refractivity contribution >= 4 is 28.8 Å². The molecule has 2 aliphatic rings. The highest BCUT2D eigenvalue weighted by Crippen LogP contribution is 2.37. The fraction of sp³-hybridized carbons (Fsp3) is 0.500. The van der Waals surface area contributed by atoms with E-state index >= 15 is 0 Å². The van der Waals surface area contributed by atoms with Crippen LogP contribution in [0.5, 0.6) is 0 Å². The third-order valence-electron chi connectivity index (χ3n) is 5.12. The Morgan fingerprint density at radius 2 is 2.08 bits per heavy atom. The van der Waals surface area contributed by atoms with Gasteiger partial charge in [0.1, 0.15) is 5.52 Å². The van der Waals surface area contributed by atoms with E-state index in [-0.39, 0.29) is 29.1 Å². The summed E-state index contributed by atoms with van der Waals surface area (Å²) in [6.45, 7) is 3.38. The van der Waals surface area contributed by atoms with Gasteiger partial charge in [0.25, 0.3) is 0 Å². The van der Waals surface area contributed by atoms with Gasteiger partial charge in [0.05, 0.1) is 17.8 Å². The lowest BCUT2D eigenvalue weighted by Gasteiger charge is -2.44. The first-order valence-electron chi connectivity index (χ1n) is 8.18. The Morgan fingerprint density at radius 3 is 2.79 bits per heavy atom. The molecule has 0 radical (unpaired) electrons. The predicted octanol–water partition coefficient (Wildman–Crippen LogP) is 1.12. The zero-order chi connectivity index (χ0) is 16.9. The minimum absolute atomic E-state index is 0.135. The van der Waals surface area contributed by atoms with Crippen molar-refractivity contribution < 1.29 is 4.79 Å². The van der Waals surface area contributed by atoms with Gasteiger partial charge in [-0.15, -0.1) is 0 Å². The summed E-state index contributed by atoms with van der Waals surface area (Å²) in [5, 5.41) is 0. The summed E-state index contributed by atoms with van der Waals surface area (Å²) in [5.74, 6) is 0.654. The highest BCUT2D eigenvalue weighted by Gasteiger charge is 2.42. The Hall–Kier alpha value is -2.64. The van der Waals surface area contributed by atoms with Gasteiger partial charge >= 0.3 is 0 Å². The molecule has 0 bridgehead atoms. The van der Waals surface area contributed by atoms with Gasteiger partial charge in [-0.05, 0) is 19.3 Å². The average Bonchev–Trinajstić information content (AvgIpc) is 2.90. The van der Waals surface area contributed by atoms with Gasteiger partial charge < -0.3 is 20.9 Å². The number of hydrogen-bond donors (Lipinski definition) is 2. The van der Waals surface area contributed by atoms with Crippen LogP contribution >= 0.6 is 0 Å². The van der Waals surface area contributed by atoms with Crippen LogP contribution in [-0.4, -0.2) is 43.4 Å². The molecule has 1 saturated heterocycles. The molecule has 2 aromatic heterocycles. The van der Waals surface area contributed by atoms with Gasteiger partial charge in [-0.3, -0.25) is 4.79 Å². The monoisotopic (exact) mass is 327 g/mol. The molecule has 126 valence electrons. The molecule has 8 heteroatoms. The first-order valence-corrected chi connectivity index (χ1v) is 8.18. The van der Waals surface area contributed by atoms with Crippen molar-refractivity contribution in [2.24, 2.45) is 5.41 Å². The van der Waals surface area contributed by atoms with Crippen LogP contribution in [0.3, 0.4) is 0 Å². The molecular formula is C16H21N7O. The summed E-state index contributed by atoms with van der Waals surface area (Å²) < 4.78 is 1.94. The summed E-state index contributed by atoms with van der Waals surface area (Å²) in [4.78, 5) is 27.2. The number of nitrogen functional groups attached to an aromatic ring is 2. The minimum Gasteiger partial charge on any atom is -0.382 e. The van der Waals surface area contributed by atoms with Crippen LogP contribution in [0.4, 0.5) is 11.8 Å². The van der Waals surface area contributed by atoms with Gasteiger partial charge in [-0.25, -0.2) is 4.98 Å². The summed E-state index contributed by atoms with van der Waals surface area (Å²) in [7, 11) is 0. The maximum Gasteiger partial charge on any atom is 0.228 e. The van der Waals surface area contributed by atoms with Crippen LogP contribution in [0.25, 0.3) is 11.2 Å². The summed E-state index contributed by atoms with van der Waals surface area (Å²) in [6, 6.07) is 0.149. The average molecular weight is 327 g/mol. The Labute approximate surface area is 139 Å². The highest BCUT2D eigenvalue weighted by atomic mass is 16.2. The van der Waals surface area contributed by atoms with E-state index in [9.17, 15) is 4.79 Å². The van der Waals surface area contributed by atoms with Crippen molar-refractivity contribution in [3.63, 3.8) is 0 Å². The Balaban J connectivity index is 1.52. The lowest BCUT2D eigenvalue weighted by Crippen LogP contribution is -2.55. The van der Waals surface area contributed by atoms with Gasteiger partial charge in [0.15, 0.2) is 11.5 Å². The molecule has 1 atom stereocenters. The number of hydrogen-bond acceptors (Lipinski definition) is 6. The number of amides is 1. The van der Waals surface area contributed by atoms with Crippen molar-refractivity contribution in [2.75, 3.05) is 24.6 Å². The number of aromatic nitrogens is 4. The second-order valence-electron chi connectivity index (χ2n) is 6.93. The minimum atomic E-state index is -0.270. The van der Waals surface area contributed by atoms with E-state index in [2.05, 4.69) is 34.0 Å².